The van der Waals surface area contributed by atoms with Gasteiger partial charge in [-0.25, -0.2) is 0 Å². The van der Waals surface area contributed by atoms with E-state index in [1.54, 1.807) is 0 Å². The molecule has 0 aliphatic carbocycles. The van der Waals surface area contributed by atoms with Crippen LogP contribution in [0.4, 0.5) is 0 Å². The van der Waals surface area contributed by atoms with Gasteiger partial charge in [-0.3, -0.25) is 0 Å². The van der Waals surface area contributed by atoms with E-state index in [1.165, 1.54) is 12.8 Å². The standard InChI is InChI=1S/C12H27NO/c1-6-9-13-11(2)8-7-10-14-12(3,4)5/h11,13H,6-10H2,1-5H3. The molecule has 1 N–H and O–H groups in total. The van der Waals surface area contributed by atoms with Gasteiger partial charge in [-0.05, 0) is 53.5 Å². The monoisotopic (exact) mass is 201 g/mol. The molecule has 0 aliphatic rings. The van der Waals surface area contributed by atoms with Crippen LogP contribution in [0.1, 0.15) is 53.9 Å². The van der Waals surface area contributed by atoms with Crippen molar-refractivity contribution in [3.8, 4) is 0 Å². The Bertz CT molecular complexity index is 129. The highest BCUT2D eigenvalue weighted by molar-refractivity contribution is 4.62. The van der Waals surface area contributed by atoms with Gasteiger partial charge in [0.05, 0.1) is 5.60 Å². The molecule has 0 aromatic heterocycles. The van der Waals surface area contributed by atoms with Crippen molar-refractivity contribution in [2.24, 2.45) is 0 Å². The first-order valence-electron chi connectivity index (χ1n) is 5.83. The maximum absolute atomic E-state index is 5.66. The van der Waals surface area contributed by atoms with Gasteiger partial charge < -0.3 is 10.1 Å². The number of hydrogen-bond donors (Lipinski definition) is 1. The first-order valence-corrected chi connectivity index (χ1v) is 5.83. The summed E-state index contributed by atoms with van der Waals surface area (Å²) in [5.74, 6) is 0. The molecule has 0 aromatic rings. The van der Waals surface area contributed by atoms with Crippen LogP contribution in [0.2, 0.25) is 0 Å². The summed E-state index contributed by atoms with van der Waals surface area (Å²) >= 11 is 0. The first-order chi connectivity index (χ1) is 6.45. The second-order valence-corrected chi connectivity index (χ2v) is 4.96. The molecule has 0 aromatic carbocycles. The predicted molar refractivity (Wildman–Crippen MR) is 62.7 cm³/mol. The summed E-state index contributed by atoms with van der Waals surface area (Å²) in [6.07, 6.45) is 3.56. The Morgan fingerprint density at radius 3 is 2.43 bits per heavy atom. The number of ether oxygens (including phenoxy) is 1. The van der Waals surface area contributed by atoms with Gasteiger partial charge in [-0.2, -0.15) is 0 Å². The fraction of sp³-hybridized carbons (Fsp3) is 1.00. The van der Waals surface area contributed by atoms with Crippen molar-refractivity contribution in [1.82, 2.24) is 5.32 Å². The Balaban J connectivity index is 3.27. The molecule has 0 spiro atoms. The van der Waals surface area contributed by atoms with E-state index >= 15 is 0 Å². The van der Waals surface area contributed by atoms with Crippen molar-refractivity contribution in [3.63, 3.8) is 0 Å². The van der Waals surface area contributed by atoms with E-state index in [0.717, 1.165) is 19.6 Å². The van der Waals surface area contributed by atoms with E-state index in [4.69, 9.17) is 4.74 Å². The van der Waals surface area contributed by atoms with Gasteiger partial charge in [0.2, 0.25) is 0 Å². The second kappa shape index (κ2) is 7.24. The molecule has 0 amide bonds. The molecule has 14 heavy (non-hydrogen) atoms. The van der Waals surface area contributed by atoms with Gasteiger partial charge >= 0.3 is 0 Å². The van der Waals surface area contributed by atoms with Crippen molar-refractivity contribution in [2.45, 2.75) is 65.5 Å². The van der Waals surface area contributed by atoms with E-state index in [2.05, 4.69) is 39.9 Å². The van der Waals surface area contributed by atoms with Crippen LogP contribution in [0.25, 0.3) is 0 Å². The lowest BCUT2D eigenvalue weighted by atomic mass is 10.1. The smallest absolute Gasteiger partial charge is 0.0598 e. The fourth-order valence-electron chi connectivity index (χ4n) is 1.26. The minimum atomic E-state index is 0.0140. The first kappa shape index (κ1) is 13.9. The van der Waals surface area contributed by atoms with Crippen LogP contribution in [0.3, 0.4) is 0 Å². The average Bonchev–Trinajstić information content (AvgIpc) is 2.07. The van der Waals surface area contributed by atoms with E-state index in [-0.39, 0.29) is 5.60 Å². The van der Waals surface area contributed by atoms with Gasteiger partial charge in [0.25, 0.3) is 0 Å². The van der Waals surface area contributed by atoms with E-state index < -0.39 is 0 Å². The predicted octanol–water partition coefficient (Wildman–Crippen LogP) is 2.97. The number of rotatable bonds is 7. The molecular weight excluding hydrogens is 174 g/mol. The summed E-state index contributed by atoms with van der Waals surface area (Å²) in [6.45, 7) is 12.8. The summed E-state index contributed by atoms with van der Waals surface area (Å²) in [5, 5.41) is 3.47. The van der Waals surface area contributed by atoms with Crippen molar-refractivity contribution in [2.75, 3.05) is 13.2 Å². The van der Waals surface area contributed by atoms with Crippen LogP contribution in [0.5, 0.6) is 0 Å². The molecule has 0 heterocycles. The molecule has 2 heteroatoms. The Hall–Kier alpha value is -0.0800. The molecule has 0 bridgehead atoms. The van der Waals surface area contributed by atoms with Crippen LogP contribution < -0.4 is 5.32 Å². The molecule has 0 radical (unpaired) electrons. The van der Waals surface area contributed by atoms with Gasteiger partial charge in [-0.1, -0.05) is 6.92 Å². The molecule has 1 atom stereocenters. The zero-order valence-electron chi connectivity index (χ0n) is 10.5. The Morgan fingerprint density at radius 2 is 1.93 bits per heavy atom. The minimum absolute atomic E-state index is 0.0140. The third kappa shape index (κ3) is 10.0. The molecule has 0 saturated carbocycles. The summed E-state index contributed by atoms with van der Waals surface area (Å²) < 4.78 is 5.66. The van der Waals surface area contributed by atoms with Gasteiger partial charge in [0, 0.05) is 12.6 Å². The van der Waals surface area contributed by atoms with Crippen molar-refractivity contribution >= 4 is 0 Å². The lowest BCUT2D eigenvalue weighted by Crippen LogP contribution is -2.27. The van der Waals surface area contributed by atoms with Crippen LogP contribution >= 0.6 is 0 Å². The van der Waals surface area contributed by atoms with Crippen molar-refractivity contribution in [1.29, 1.82) is 0 Å². The molecule has 0 saturated heterocycles. The third-order valence-electron chi connectivity index (χ3n) is 2.06. The molecule has 0 fully saturated rings. The third-order valence-corrected chi connectivity index (χ3v) is 2.06. The average molecular weight is 201 g/mol. The lowest BCUT2D eigenvalue weighted by molar-refractivity contribution is -0.00523. The number of hydrogen-bond acceptors (Lipinski definition) is 2. The zero-order valence-corrected chi connectivity index (χ0v) is 10.5. The number of nitrogens with one attached hydrogen (secondary N) is 1. The normalized spacial score (nSPS) is 14.4. The minimum Gasteiger partial charge on any atom is -0.376 e. The molecule has 0 rings (SSSR count). The molecular formula is C12H27NO. The SMILES string of the molecule is CCCNC(C)CCCOC(C)(C)C. The Morgan fingerprint density at radius 1 is 1.29 bits per heavy atom. The lowest BCUT2D eigenvalue weighted by Gasteiger charge is -2.20. The maximum atomic E-state index is 5.66. The zero-order chi connectivity index (χ0) is 11.0. The Kier molecular flexibility index (Phi) is 7.20. The van der Waals surface area contributed by atoms with Crippen LogP contribution in [-0.4, -0.2) is 24.8 Å². The van der Waals surface area contributed by atoms with Crippen molar-refractivity contribution in [3.05, 3.63) is 0 Å². The van der Waals surface area contributed by atoms with Gasteiger partial charge in [0.1, 0.15) is 0 Å². The van der Waals surface area contributed by atoms with Crippen LogP contribution in [0.15, 0.2) is 0 Å². The highest BCUT2D eigenvalue weighted by Crippen LogP contribution is 2.08. The van der Waals surface area contributed by atoms with Crippen LogP contribution in [0, 0.1) is 0 Å². The maximum Gasteiger partial charge on any atom is 0.0598 e. The molecule has 86 valence electrons. The summed E-state index contributed by atoms with van der Waals surface area (Å²) in [4.78, 5) is 0. The summed E-state index contributed by atoms with van der Waals surface area (Å²) in [7, 11) is 0. The highest BCUT2D eigenvalue weighted by Gasteiger charge is 2.09. The van der Waals surface area contributed by atoms with E-state index in [0.29, 0.717) is 6.04 Å². The van der Waals surface area contributed by atoms with Crippen molar-refractivity contribution < 1.29 is 4.74 Å². The van der Waals surface area contributed by atoms with Gasteiger partial charge in [-0.15, -0.1) is 0 Å². The summed E-state index contributed by atoms with van der Waals surface area (Å²) in [6, 6.07) is 0.624. The molecule has 1 unspecified atom stereocenters. The molecule has 0 aliphatic heterocycles. The summed E-state index contributed by atoms with van der Waals surface area (Å²) in [5.41, 5.74) is 0.0140. The Labute approximate surface area is 89.4 Å². The molecule has 2 nitrogen and oxygen atoms in total. The topological polar surface area (TPSA) is 21.3 Å². The highest BCUT2D eigenvalue weighted by atomic mass is 16.5. The fourth-order valence-corrected chi connectivity index (χ4v) is 1.26. The van der Waals surface area contributed by atoms with Crippen LogP contribution in [-0.2, 0) is 4.74 Å². The van der Waals surface area contributed by atoms with E-state index in [9.17, 15) is 0 Å². The second-order valence-electron chi connectivity index (χ2n) is 4.96. The van der Waals surface area contributed by atoms with E-state index in [1.807, 2.05) is 0 Å². The largest absolute Gasteiger partial charge is 0.376 e. The van der Waals surface area contributed by atoms with Gasteiger partial charge in [0.15, 0.2) is 0 Å². The quantitative estimate of drug-likeness (QED) is 0.639.